The lowest BCUT2D eigenvalue weighted by Gasteiger charge is -2.01. The van der Waals surface area contributed by atoms with E-state index in [2.05, 4.69) is 11.3 Å². The van der Waals surface area contributed by atoms with E-state index >= 15 is 0 Å². The molecule has 1 N–H and O–H groups in total. The van der Waals surface area contributed by atoms with Gasteiger partial charge in [-0.25, -0.2) is 4.79 Å². The van der Waals surface area contributed by atoms with Crippen LogP contribution in [0.4, 0.5) is 0 Å². The standard InChI is InChI=1S/C8H10O5S/c1-5(2)8(11)13-4-6(14-12)3-7(9)10/h6H,1,3-4H2,2H3/p+1. The number of carbonyl (C=O) groups is 2. The van der Waals surface area contributed by atoms with Gasteiger partial charge < -0.3 is 9.84 Å². The van der Waals surface area contributed by atoms with E-state index in [1.54, 1.807) is 0 Å². The van der Waals surface area contributed by atoms with Crippen LogP contribution >= 0.6 is 0 Å². The van der Waals surface area contributed by atoms with E-state index in [0.29, 0.717) is 0 Å². The summed E-state index contributed by atoms with van der Waals surface area (Å²) in [4.78, 5) is 21.1. The Morgan fingerprint density at radius 3 is 2.50 bits per heavy atom. The van der Waals surface area contributed by atoms with Crippen LogP contribution in [-0.2, 0) is 30.2 Å². The summed E-state index contributed by atoms with van der Waals surface area (Å²) in [5, 5.41) is 7.63. The first-order chi connectivity index (χ1) is 6.47. The van der Waals surface area contributed by atoms with Gasteiger partial charge in [-0.15, -0.1) is 0 Å². The van der Waals surface area contributed by atoms with Crippen molar-refractivity contribution in [1.29, 1.82) is 0 Å². The van der Waals surface area contributed by atoms with Gasteiger partial charge in [-0.2, -0.15) is 0 Å². The molecule has 0 amide bonds. The van der Waals surface area contributed by atoms with Gasteiger partial charge in [0.05, 0.1) is 0 Å². The fraction of sp³-hybridized carbons (Fsp3) is 0.500. The molecule has 0 rings (SSSR count). The van der Waals surface area contributed by atoms with Crippen LogP contribution in [0.5, 0.6) is 0 Å². The zero-order valence-electron chi connectivity index (χ0n) is 7.69. The summed E-state index contributed by atoms with van der Waals surface area (Å²) in [7, 11) is 0. The van der Waals surface area contributed by atoms with E-state index < -0.39 is 17.2 Å². The van der Waals surface area contributed by atoms with Crippen molar-refractivity contribution in [2.45, 2.75) is 18.6 Å². The van der Waals surface area contributed by atoms with Crippen molar-refractivity contribution >= 4 is 23.6 Å². The maximum atomic E-state index is 10.9. The van der Waals surface area contributed by atoms with Crippen LogP contribution in [0, 0.1) is 0 Å². The molecular weight excluding hydrogens is 208 g/mol. The fourth-order valence-corrected chi connectivity index (χ4v) is 0.942. The molecule has 6 heteroatoms. The topological polar surface area (TPSA) is 80.7 Å². The second-order valence-electron chi connectivity index (χ2n) is 2.69. The zero-order valence-corrected chi connectivity index (χ0v) is 8.50. The molecule has 1 atom stereocenters. The lowest BCUT2D eigenvalue weighted by atomic mass is 10.3. The summed E-state index contributed by atoms with van der Waals surface area (Å²) >= 11 is 0.114. The lowest BCUT2D eigenvalue weighted by Crippen LogP contribution is -2.21. The quantitative estimate of drug-likeness (QED) is 0.396. The van der Waals surface area contributed by atoms with E-state index in [1.165, 1.54) is 6.92 Å². The third kappa shape index (κ3) is 5.36. The molecule has 0 aliphatic heterocycles. The largest absolute Gasteiger partial charge is 0.481 e. The van der Waals surface area contributed by atoms with Gasteiger partial charge in [-0.1, -0.05) is 6.58 Å². The number of hydrogen-bond donors (Lipinski definition) is 1. The summed E-state index contributed by atoms with van der Waals surface area (Å²) in [6.07, 6.45) is -0.322. The highest BCUT2D eigenvalue weighted by molar-refractivity contribution is 7.66. The van der Waals surface area contributed by atoms with Crippen LogP contribution in [0.3, 0.4) is 0 Å². The molecule has 0 radical (unpaired) electrons. The van der Waals surface area contributed by atoms with Crippen LogP contribution in [0.2, 0.25) is 0 Å². The van der Waals surface area contributed by atoms with E-state index in [9.17, 15) is 13.8 Å². The van der Waals surface area contributed by atoms with Crippen molar-refractivity contribution in [1.82, 2.24) is 0 Å². The summed E-state index contributed by atoms with van der Waals surface area (Å²) in [5.74, 6) is -1.71. The Bertz CT molecular complexity index is 260. The Kier molecular flexibility index (Phi) is 5.62. The zero-order chi connectivity index (χ0) is 11.1. The molecule has 0 saturated heterocycles. The van der Waals surface area contributed by atoms with Crippen molar-refractivity contribution in [3.8, 4) is 0 Å². The van der Waals surface area contributed by atoms with Gasteiger partial charge in [0, 0.05) is 9.78 Å². The molecule has 0 heterocycles. The number of hydrogen-bond acceptors (Lipinski definition) is 4. The third-order valence-corrected chi connectivity index (χ3v) is 1.86. The van der Waals surface area contributed by atoms with Gasteiger partial charge in [-0.3, -0.25) is 4.79 Å². The smallest absolute Gasteiger partial charge is 0.466 e. The first-order valence-electron chi connectivity index (χ1n) is 3.80. The van der Waals surface area contributed by atoms with Crippen molar-refractivity contribution in [3.63, 3.8) is 0 Å². The van der Waals surface area contributed by atoms with Crippen molar-refractivity contribution < 1.29 is 23.6 Å². The number of ether oxygens (including phenoxy) is 1. The Morgan fingerprint density at radius 1 is 1.57 bits per heavy atom. The van der Waals surface area contributed by atoms with Crippen LogP contribution in [0.1, 0.15) is 13.3 Å². The minimum atomic E-state index is -1.09. The van der Waals surface area contributed by atoms with Gasteiger partial charge in [-0.05, 0) is 6.92 Å². The molecule has 0 aliphatic rings. The van der Waals surface area contributed by atoms with Crippen molar-refractivity contribution in [2.24, 2.45) is 0 Å². The third-order valence-electron chi connectivity index (χ3n) is 1.29. The number of carbonyl (C=O) groups excluding carboxylic acids is 1. The second-order valence-corrected chi connectivity index (χ2v) is 3.55. The Morgan fingerprint density at radius 2 is 2.14 bits per heavy atom. The molecule has 0 aromatic carbocycles. The average Bonchev–Trinajstić information content (AvgIpc) is 2.10. The first kappa shape index (κ1) is 12.7. The molecular formula is C8H11O5S+. The minimum absolute atomic E-state index is 0.114. The van der Waals surface area contributed by atoms with E-state index in [-0.39, 0.29) is 30.3 Å². The number of rotatable bonds is 6. The molecule has 0 aliphatic carbocycles. The average molecular weight is 219 g/mol. The summed E-state index contributed by atoms with van der Waals surface area (Å²) < 4.78 is 15.0. The Labute approximate surface area is 85.2 Å². The molecule has 0 bridgehead atoms. The molecule has 0 aromatic heterocycles. The van der Waals surface area contributed by atoms with E-state index in [4.69, 9.17) is 5.11 Å². The molecule has 14 heavy (non-hydrogen) atoms. The summed E-state index contributed by atoms with van der Waals surface area (Å²) in [5.41, 5.74) is 0.218. The number of carboxylic acid groups (broad SMARTS) is 1. The normalized spacial score (nSPS) is 11.5. The number of esters is 1. The minimum Gasteiger partial charge on any atom is -0.481 e. The van der Waals surface area contributed by atoms with E-state index in [1.807, 2.05) is 0 Å². The maximum absolute atomic E-state index is 10.9. The van der Waals surface area contributed by atoms with Gasteiger partial charge in [0.25, 0.3) is 5.25 Å². The molecule has 5 nitrogen and oxygen atoms in total. The van der Waals surface area contributed by atoms with Crippen molar-refractivity contribution in [2.75, 3.05) is 6.61 Å². The molecule has 0 saturated carbocycles. The fourth-order valence-electron chi connectivity index (χ4n) is 0.607. The van der Waals surface area contributed by atoms with Crippen molar-refractivity contribution in [3.05, 3.63) is 12.2 Å². The second kappa shape index (κ2) is 6.20. The highest BCUT2D eigenvalue weighted by Crippen LogP contribution is 1.99. The summed E-state index contributed by atoms with van der Waals surface area (Å²) in [6, 6.07) is 0. The van der Waals surface area contributed by atoms with Gasteiger partial charge >= 0.3 is 23.6 Å². The molecule has 0 spiro atoms. The van der Waals surface area contributed by atoms with Crippen LogP contribution in [0.15, 0.2) is 12.2 Å². The number of aliphatic carboxylic acids is 1. The Hall–Kier alpha value is -1.30. The highest BCUT2D eigenvalue weighted by Gasteiger charge is 2.27. The van der Waals surface area contributed by atoms with Gasteiger partial charge in [0.15, 0.2) is 6.61 Å². The van der Waals surface area contributed by atoms with Crippen LogP contribution in [0.25, 0.3) is 0 Å². The van der Waals surface area contributed by atoms with Gasteiger partial charge in [0.2, 0.25) is 0 Å². The summed E-state index contributed by atoms with van der Waals surface area (Å²) in [6.45, 7) is 4.61. The SMILES string of the molecule is C=C(C)C(=O)OCC(CC(=O)O)[S+]=O. The predicted molar refractivity (Wildman–Crippen MR) is 49.9 cm³/mol. The highest BCUT2D eigenvalue weighted by atomic mass is 32.1. The lowest BCUT2D eigenvalue weighted by molar-refractivity contribution is -0.141. The molecule has 0 aromatic rings. The molecule has 78 valence electrons. The van der Waals surface area contributed by atoms with Crippen LogP contribution in [-0.4, -0.2) is 28.9 Å². The number of carboxylic acids is 1. The molecule has 0 fully saturated rings. The Balaban J connectivity index is 3.95. The molecule has 1 unspecified atom stereocenters. The maximum Gasteiger partial charge on any atom is 0.466 e. The predicted octanol–water partition coefficient (Wildman–Crippen LogP) is 0.377. The van der Waals surface area contributed by atoms with E-state index in [0.717, 1.165) is 0 Å². The van der Waals surface area contributed by atoms with Crippen LogP contribution < -0.4 is 0 Å². The first-order valence-corrected chi connectivity index (χ1v) is 4.61. The monoisotopic (exact) mass is 219 g/mol. The van der Waals surface area contributed by atoms with Gasteiger partial charge in [0.1, 0.15) is 6.42 Å².